The Labute approximate surface area is 213 Å². The van der Waals surface area contributed by atoms with Crippen molar-refractivity contribution in [2.45, 2.75) is 26.2 Å². The van der Waals surface area contributed by atoms with Gasteiger partial charge < -0.3 is 31.2 Å². The van der Waals surface area contributed by atoms with Crippen LogP contribution in [0.5, 0.6) is 5.75 Å². The molecule has 2 aromatic carbocycles. The second-order valence-corrected chi connectivity index (χ2v) is 8.23. The summed E-state index contributed by atoms with van der Waals surface area (Å²) in [5.74, 6) is 0.753. The molecule has 5 N–H and O–H groups in total. The van der Waals surface area contributed by atoms with Crippen LogP contribution in [0.2, 0.25) is 0 Å². The number of likely N-dealkylation sites (N-methyl/N-ethyl adjacent to an activating group) is 1. The summed E-state index contributed by atoms with van der Waals surface area (Å²) < 4.78 is 26.0. The maximum Gasteiger partial charge on any atom is 0.204 e. The number of rotatable bonds is 12. The van der Waals surface area contributed by atoms with Crippen molar-refractivity contribution in [3.05, 3.63) is 54.4 Å². The predicted molar refractivity (Wildman–Crippen MR) is 146 cm³/mol. The van der Waals surface area contributed by atoms with Crippen LogP contribution >= 0.6 is 0 Å². The van der Waals surface area contributed by atoms with Crippen molar-refractivity contribution in [3.8, 4) is 5.75 Å². The van der Waals surface area contributed by atoms with Crippen LogP contribution in [0.4, 0.5) is 21.5 Å². The van der Waals surface area contributed by atoms with Gasteiger partial charge in [-0.15, -0.1) is 0 Å². The Morgan fingerprint density at radius 1 is 1.22 bits per heavy atom. The van der Waals surface area contributed by atoms with Crippen LogP contribution in [0, 0.1) is 11.7 Å². The highest BCUT2D eigenvalue weighted by Gasteiger charge is 2.15. The standard InChI is InChI=1S/C26H35FN4O2.CH3NO/c1-4-29-25-18-23(33-16-13-28-3)17-24(27)26(25)19(2)31-22-7-5-21(6-8-22)30-12-9-20-10-14-32-15-11-20;2-1-3/h4-8,17-18,20,28,30-31H,2,9-16H2,1,3H3;1H,(H2,2,3). The summed E-state index contributed by atoms with van der Waals surface area (Å²) in [7, 11) is 1.84. The SMILES string of the molecule is C=C(Nc1ccc(NCCC2CCOCC2)cc1)c1c(F)cc(OCCNC)cc1N=CC.NC=O. The van der Waals surface area contributed by atoms with Crippen molar-refractivity contribution in [2.75, 3.05) is 50.6 Å². The summed E-state index contributed by atoms with van der Waals surface area (Å²) in [6, 6.07) is 11.0. The third-order valence-corrected chi connectivity index (χ3v) is 5.64. The lowest BCUT2D eigenvalue weighted by atomic mass is 9.97. The third-order valence-electron chi connectivity index (χ3n) is 5.64. The molecule has 196 valence electrons. The monoisotopic (exact) mass is 499 g/mol. The first-order valence-electron chi connectivity index (χ1n) is 12.1. The molecule has 0 spiro atoms. The first kappa shape index (κ1) is 28.8. The lowest BCUT2D eigenvalue weighted by Gasteiger charge is -2.22. The summed E-state index contributed by atoms with van der Waals surface area (Å²) in [6.07, 6.45) is 5.32. The highest BCUT2D eigenvalue weighted by molar-refractivity contribution is 5.83. The Kier molecular flexibility index (Phi) is 13.0. The van der Waals surface area contributed by atoms with E-state index in [0.29, 0.717) is 35.8 Å². The fourth-order valence-electron chi connectivity index (χ4n) is 3.83. The number of nitrogens with one attached hydrogen (secondary N) is 3. The van der Waals surface area contributed by atoms with E-state index in [2.05, 4.69) is 33.3 Å². The van der Waals surface area contributed by atoms with Gasteiger partial charge in [0.25, 0.3) is 0 Å². The Morgan fingerprint density at radius 2 is 1.89 bits per heavy atom. The summed E-state index contributed by atoms with van der Waals surface area (Å²) in [5.41, 5.74) is 7.29. The van der Waals surface area contributed by atoms with Crippen LogP contribution in [0.15, 0.2) is 48.0 Å². The molecule has 0 unspecified atom stereocenters. The molecule has 9 heteroatoms. The van der Waals surface area contributed by atoms with E-state index in [1.807, 2.05) is 31.3 Å². The number of primary amides is 1. The number of carbonyl (C=O) groups excluding carboxylic acids is 1. The normalized spacial score (nSPS) is 13.5. The molecule has 0 aliphatic carbocycles. The summed E-state index contributed by atoms with van der Waals surface area (Å²) in [6.45, 7) is 9.66. The van der Waals surface area contributed by atoms with Gasteiger partial charge in [-0.05, 0) is 63.4 Å². The third kappa shape index (κ3) is 9.67. The van der Waals surface area contributed by atoms with Crippen LogP contribution in [-0.2, 0) is 9.53 Å². The second kappa shape index (κ2) is 16.3. The second-order valence-electron chi connectivity index (χ2n) is 8.23. The molecular formula is C27H38FN5O3. The number of nitrogens with two attached hydrogens (primary N) is 1. The minimum Gasteiger partial charge on any atom is -0.492 e. The zero-order valence-electron chi connectivity index (χ0n) is 21.2. The number of benzene rings is 2. The molecule has 0 aromatic heterocycles. The summed E-state index contributed by atoms with van der Waals surface area (Å²) in [4.78, 5) is 12.9. The van der Waals surface area contributed by atoms with E-state index < -0.39 is 5.82 Å². The number of anilines is 2. The fourth-order valence-corrected chi connectivity index (χ4v) is 3.83. The molecule has 0 atom stereocenters. The zero-order valence-corrected chi connectivity index (χ0v) is 21.2. The molecule has 3 rings (SSSR count). The Bertz CT molecular complexity index is 976. The highest BCUT2D eigenvalue weighted by atomic mass is 19.1. The first-order chi connectivity index (χ1) is 17.5. The van der Waals surface area contributed by atoms with E-state index in [1.165, 1.54) is 6.07 Å². The number of amides is 1. The van der Waals surface area contributed by atoms with Gasteiger partial charge in [-0.1, -0.05) is 6.58 Å². The molecule has 1 heterocycles. The number of ether oxygens (including phenoxy) is 2. The van der Waals surface area contributed by atoms with E-state index in [-0.39, 0.29) is 6.41 Å². The van der Waals surface area contributed by atoms with Gasteiger partial charge in [-0.2, -0.15) is 0 Å². The van der Waals surface area contributed by atoms with Crippen molar-refractivity contribution >= 4 is 35.4 Å². The minimum atomic E-state index is -0.429. The van der Waals surface area contributed by atoms with Crippen LogP contribution in [0.1, 0.15) is 31.7 Å². The number of halogens is 1. The summed E-state index contributed by atoms with van der Waals surface area (Å²) in [5, 5.41) is 9.68. The molecule has 2 aromatic rings. The van der Waals surface area contributed by atoms with Crippen molar-refractivity contribution in [1.29, 1.82) is 0 Å². The van der Waals surface area contributed by atoms with Gasteiger partial charge in [-0.25, -0.2) is 4.39 Å². The summed E-state index contributed by atoms with van der Waals surface area (Å²) >= 11 is 0. The lowest BCUT2D eigenvalue weighted by molar-refractivity contribution is -0.106. The van der Waals surface area contributed by atoms with Gasteiger partial charge in [0.1, 0.15) is 18.2 Å². The molecule has 1 aliphatic rings. The van der Waals surface area contributed by atoms with Gasteiger partial charge in [0, 0.05) is 61.7 Å². The van der Waals surface area contributed by atoms with Crippen molar-refractivity contribution in [3.63, 3.8) is 0 Å². The van der Waals surface area contributed by atoms with Gasteiger partial charge in [0.2, 0.25) is 6.41 Å². The number of carbonyl (C=O) groups is 1. The smallest absolute Gasteiger partial charge is 0.204 e. The number of nitrogens with zero attached hydrogens (tertiary/aromatic N) is 1. The molecule has 1 fully saturated rings. The highest BCUT2D eigenvalue weighted by Crippen LogP contribution is 2.33. The van der Waals surface area contributed by atoms with Crippen molar-refractivity contribution in [1.82, 2.24) is 5.32 Å². The molecule has 8 nitrogen and oxygen atoms in total. The molecule has 1 aliphatic heterocycles. The number of hydrogen-bond donors (Lipinski definition) is 4. The average Bonchev–Trinajstić information content (AvgIpc) is 2.86. The van der Waals surface area contributed by atoms with E-state index in [0.717, 1.165) is 56.3 Å². The van der Waals surface area contributed by atoms with E-state index >= 15 is 0 Å². The van der Waals surface area contributed by atoms with Gasteiger partial charge in [0.05, 0.1) is 11.3 Å². The Balaban J connectivity index is 0.00000145. The molecule has 1 saturated heterocycles. The van der Waals surface area contributed by atoms with Crippen molar-refractivity contribution in [2.24, 2.45) is 16.6 Å². The van der Waals surface area contributed by atoms with E-state index in [9.17, 15) is 4.39 Å². The van der Waals surface area contributed by atoms with Crippen LogP contribution in [-0.4, -0.2) is 52.6 Å². The Hall–Kier alpha value is -3.43. The average molecular weight is 500 g/mol. The quantitative estimate of drug-likeness (QED) is 0.194. The van der Waals surface area contributed by atoms with Crippen LogP contribution < -0.4 is 26.4 Å². The molecule has 0 radical (unpaired) electrons. The van der Waals surface area contributed by atoms with Gasteiger partial charge in [0.15, 0.2) is 0 Å². The lowest BCUT2D eigenvalue weighted by Crippen LogP contribution is -2.18. The van der Waals surface area contributed by atoms with Gasteiger partial charge >= 0.3 is 0 Å². The molecule has 0 bridgehead atoms. The maximum atomic E-state index is 15.0. The zero-order chi connectivity index (χ0) is 26.2. The molecule has 1 amide bonds. The van der Waals surface area contributed by atoms with Crippen LogP contribution in [0.3, 0.4) is 0 Å². The minimum absolute atomic E-state index is 0.250. The van der Waals surface area contributed by atoms with E-state index in [4.69, 9.17) is 14.3 Å². The largest absolute Gasteiger partial charge is 0.492 e. The topological polar surface area (TPSA) is 110 Å². The van der Waals surface area contributed by atoms with E-state index in [1.54, 1.807) is 19.2 Å². The fraction of sp³-hybridized carbons (Fsp3) is 0.407. The van der Waals surface area contributed by atoms with Crippen LogP contribution in [0.25, 0.3) is 5.70 Å². The maximum absolute atomic E-state index is 15.0. The van der Waals surface area contributed by atoms with Gasteiger partial charge in [-0.3, -0.25) is 9.79 Å². The molecule has 36 heavy (non-hydrogen) atoms. The molecule has 0 saturated carbocycles. The Morgan fingerprint density at radius 3 is 2.53 bits per heavy atom. The number of aliphatic imine (C=N–C) groups is 1. The van der Waals surface area contributed by atoms with Crippen molar-refractivity contribution < 1.29 is 18.7 Å². The number of hydrogen-bond acceptors (Lipinski definition) is 7. The molecular weight excluding hydrogens is 461 g/mol. The first-order valence-corrected chi connectivity index (χ1v) is 12.1. The predicted octanol–water partition coefficient (Wildman–Crippen LogP) is 4.56.